The Morgan fingerprint density at radius 1 is 1.30 bits per heavy atom. The summed E-state index contributed by atoms with van der Waals surface area (Å²) in [4.78, 5) is 17.6. The average molecular weight is 397 g/mol. The molecule has 124 valence electrons. The maximum Gasteiger partial charge on any atom is 0.408 e. The van der Waals surface area contributed by atoms with Crippen molar-refractivity contribution in [3.63, 3.8) is 0 Å². The summed E-state index contributed by atoms with van der Waals surface area (Å²) in [5.74, 6) is 0. The lowest BCUT2D eigenvalue weighted by atomic mass is 10.2. The van der Waals surface area contributed by atoms with E-state index in [1.54, 1.807) is 11.3 Å². The number of nitrogens with one attached hydrogen (secondary N) is 1. The molecule has 1 N–H and O–H groups in total. The molecule has 2 aromatic rings. The van der Waals surface area contributed by atoms with Crippen molar-refractivity contribution in [2.24, 2.45) is 0 Å². The summed E-state index contributed by atoms with van der Waals surface area (Å²) in [6.07, 6.45) is -0.414. The van der Waals surface area contributed by atoms with Crippen LogP contribution in [0.15, 0.2) is 28.7 Å². The standard InChI is InChI=1S/C17H21BrN2O2S/c1-10-14(11(2)20-16(21)22-17(3,4)5)23-15(19-10)12-6-8-13(18)9-7-12/h6-9,11H,1-5H3,(H,20,21). The maximum absolute atomic E-state index is 11.9. The number of carbonyl (C=O) groups is 1. The minimum Gasteiger partial charge on any atom is -0.444 e. The number of rotatable bonds is 3. The lowest BCUT2D eigenvalue weighted by Gasteiger charge is -2.21. The van der Waals surface area contributed by atoms with E-state index in [4.69, 9.17) is 4.74 Å². The fraction of sp³-hybridized carbons (Fsp3) is 0.412. The highest BCUT2D eigenvalue weighted by atomic mass is 79.9. The quantitative estimate of drug-likeness (QED) is 0.748. The number of carbonyl (C=O) groups excluding carboxylic acids is 1. The Hall–Kier alpha value is -1.40. The summed E-state index contributed by atoms with van der Waals surface area (Å²) in [6.45, 7) is 9.44. The highest BCUT2D eigenvalue weighted by Crippen LogP contribution is 2.32. The molecule has 1 amide bonds. The molecule has 0 aliphatic rings. The summed E-state index contributed by atoms with van der Waals surface area (Å²) in [5, 5.41) is 3.82. The van der Waals surface area contributed by atoms with Crippen molar-refractivity contribution in [1.82, 2.24) is 10.3 Å². The summed E-state index contributed by atoms with van der Waals surface area (Å²) >= 11 is 5.02. The van der Waals surface area contributed by atoms with Crippen LogP contribution in [0.2, 0.25) is 0 Å². The van der Waals surface area contributed by atoms with Crippen LogP contribution in [0, 0.1) is 6.92 Å². The molecule has 4 nitrogen and oxygen atoms in total. The summed E-state index contributed by atoms with van der Waals surface area (Å²) < 4.78 is 6.34. The van der Waals surface area contributed by atoms with Crippen molar-refractivity contribution < 1.29 is 9.53 Å². The van der Waals surface area contributed by atoms with E-state index in [2.05, 4.69) is 26.2 Å². The Bertz CT molecular complexity index is 690. The zero-order valence-electron chi connectivity index (χ0n) is 13.9. The van der Waals surface area contributed by atoms with E-state index in [1.165, 1.54) is 0 Å². The van der Waals surface area contributed by atoms with Gasteiger partial charge in [0.15, 0.2) is 0 Å². The number of hydrogen-bond donors (Lipinski definition) is 1. The third kappa shape index (κ3) is 5.04. The van der Waals surface area contributed by atoms with E-state index in [-0.39, 0.29) is 6.04 Å². The van der Waals surface area contributed by atoms with Gasteiger partial charge < -0.3 is 10.1 Å². The van der Waals surface area contributed by atoms with Gasteiger partial charge in [-0.05, 0) is 46.8 Å². The van der Waals surface area contributed by atoms with Gasteiger partial charge in [0, 0.05) is 10.0 Å². The number of aryl methyl sites for hydroxylation is 1. The fourth-order valence-corrected chi connectivity index (χ4v) is 3.41. The van der Waals surface area contributed by atoms with Gasteiger partial charge in [0.1, 0.15) is 10.6 Å². The van der Waals surface area contributed by atoms with Crippen LogP contribution in [0.1, 0.15) is 44.3 Å². The van der Waals surface area contributed by atoms with Crippen LogP contribution < -0.4 is 5.32 Å². The number of amides is 1. The third-order valence-electron chi connectivity index (χ3n) is 3.05. The molecule has 1 unspecified atom stereocenters. The Morgan fingerprint density at radius 3 is 2.48 bits per heavy atom. The SMILES string of the molecule is Cc1nc(-c2ccc(Br)cc2)sc1C(C)NC(=O)OC(C)(C)C. The molecule has 1 heterocycles. The van der Waals surface area contributed by atoms with Gasteiger partial charge in [-0.3, -0.25) is 0 Å². The number of alkyl carbamates (subject to hydrolysis) is 1. The van der Waals surface area contributed by atoms with Crippen molar-refractivity contribution in [2.45, 2.75) is 46.3 Å². The Kier molecular flexibility index (Phi) is 5.47. The monoisotopic (exact) mass is 396 g/mol. The van der Waals surface area contributed by atoms with Gasteiger partial charge in [0.25, 0.3) is 0 Å². The van der Waals surface area contributed by atoms with E-state index in [0.29, 0.717) is 0 Å². The Balaban J connectivity index is 2.14. The molecule has 0 aliphatic heterocycles. The zero-order valence-corrected chi connectivity index (χ0v) is 16.3. The van der Waals surface area contributed by atoms with Gasteiger partial charge in [-0.1, -0.05) is 28.1 Å². The molecule has 0 spiro atoms. The maximum atomic E-state index is 11.9. The third-order valence-corrected chi connectivity index (χ3v) is 4.97. The highest BCUT2D eigenvalue weighted by molar-refractivity contribution is 9.10. The first-order valence-corrected chi connectivity index (χ1v) is 8.99. The van der Waals surface area contributed by atoms with Crippen LogP contribution in [-0.2, 0) is 4.74 Å². The van der Waals surface area contributed by atoms with Gasteiger partial charge in [0.2, 0.25) is 0 Å². The molecule has 0 radical (unpaired) electrons. The second-order valence-corrected chi connectivity index (χ2v) is 8.29. The van der Waals surface area contributed by atoms with Gasteiger partial charge in [-0.2, -0.15) is 0 Å². The molecule has 23 heavy (non-hydrogen) atoms. The smallest absolute Gasteiger partial charge is 0.408 e. The van der Waals surface area contributed by atoms with E-state index in [0.717, 1.165) is 25.6 Å². The second kappa shape index (κ2) is 7.01. The molecular formula is C17H21BrN2O2S. The number of hydrogen-bond acceptors (Lipinski definition) is 4. The van der Waals surface area contributed by atoms with Crippen LogP contribution in [0.3, 0.4) is 0 Å². The average Bonchev–Trinajstić information content (AvgIpc) is 2.79. The van der Waals surface area contributed by atoms with Gasteiger partial charge in [-0.15, -0.1) is 11.3 Å². The number of aromatic nitrogens is 1. The summed E-state index contributed by atoms with van der Waals surface area (Å²) in [6, 6.07) is 7.89. The Morgan fingerprint density at radius 2 is 1.91 bits per heavy atom. The minimum atomic E-state index is -0.505. The molecule has 0 saturated carbocycles. The van der Waals surface area contributed by atoms with Crippen molar-refractivity contribution >= 4 is 33.4 Å². The summed E-state index contributed by atoms with van der Waals surface area (Å²) in [7, 11) is 0. The van der Waals surface area contributed by atoms with Crippen LogP contribution in [-0.4, -0.2) is 16.7 Å². The fourth-order valence-electron chi connectivity index (χ4n) is 2.08. The van der Waals surface area contributed by atoms with E-state index in [9.17, 15) is 4.79 Å². The molecule has 0 aliphatic carbocycles. The number of benzene rings is 1. The first-order valence-electron chi connectivity index (χ1n) is 7.38. The normalized spacial score (nSPS) is 12.8. The molecular weight excluding hydrogens is 376 g/mol. The van der Waals surface area contributed by atoms with Crippen LogP contribution in [0.4, 0.5) is 4.79 Å². The second-order valence-electron chi connectivity index (χ2n) is 6.34. The lowest BCUT2D eigenvalue weighted by molar-refractivity contribution is 0.0508. The largest absolute Gasteiger partial charge is 0.444 e. The van der Waals surface area contributed by atoms with Gasteiger partial charge in [0.05, 0.1) is 16.6 Å². The Labute approximate surface area is 149 Å². The van der Waals surface area contributed by atoms with Gasteiger partial charge >= 0.3 is 6.09 Å². The highest BCUT2D eigenvalue weighted by Gasteiger charge is 2.21. The topological polar surface area (TPSA) is 51.2 Å². The molecule has 0 bridgehead atoms. The van der Waals surface area contributed by atoms with Crippen molar-refractivity contribution in [3.05, 3.63) is 39.3 Å². The molecule has 2 rings (SSSR count). The van der Waals surface area contributed by atoms with Crippen LogP contribution >= 0.6 is 27.3 Å². The number of ether oxygens (including phenoxy) is 1. The first-order chi connectivity index (χ1) is 10.7. The van der Waals surface area contributed by atoms with Crippen LogP contribution in [0.25, 0.3) is 10.6 Å². The predicted octanol–water partition coefficient (Wildman–Crippen LogP) is 5.47. The van der Waals surface area contributed by atoms with Crippen molar-refractivity contribution in [3.8, 4) is 10.6 Å². The molecule has 1 atom stereocenters. The van der Waals surface area contributed by atoms with E-state index < -0.39 is 11.7 Å². The van der Waals surface area contributed by atoms with E-state index >= 15 is 0 Å². The van der Waals surface area contributed by atoms with Crippen molar-refractivity contribution in [2.75, 3.05) is 0 Å². The number of nitrogens with zero attached hydrogens (tertiary/aromatic N) is 1. The lowest BCUT2D eigenvalue weighted by Crippen LogP contribution is -2.33. The molecule has 0 saturated heterocycles. The minimum absolute atomic E-state index is 0.147. The first kappa shape index (κ1) is 17.9. The predicted molar refractivity (Wildman–Crippen MR) is 97.8 cm³/mol. The summed E-state index contributed by atoms with van der Waals surface area (Å²) in [5.41, 5.74) is 1.49. The van der Waals surface area contributed by atoms with E-state index in [1.807, 2.05) is 58.9 Å². The zero-order chi connectivity index (χ0) is 17.2. The molecule has 6 heteroatoms. The van der Waals surface area contributed by atoms with Crippen molar-refractivity contribution in [1.29, 1.82) is 0 Å². The van der Waals surface area contributed by atoms with Crippen LogP contribution in [0.5, 0.6) is 0 Å². The molecule has 1 aromatic heterocycles. The van der Waals surface area contributed by atoms with Gasteiger partial charge in [-0.25, -0.2) is 9.78 Å². The molecule has 1 aromatic carbocycles. The number of thiazole rings is 1. The molecule has 0 fully saturated rings. The number of halogens is 1.